The van der Waals surface area contributed by atoms with Gasteiger partial charge in [0.25, 0.3) is 5.91 Å². The maximum atomic E-state index is 12.4. The van der Waals surface area contributed by atoms with E-state index in [0.717, 1.165) is 12.8 Å². The Bertz CT molecular complexity index is 643. The number of carbonyl (C=O) groups excluding carboxylic acids is 3. The minimum absolute atomic E-state index is 0.0425. The van der Waals surface area contributed by atoms with Crippen LogP contribution in [0.5, 0.6) is 5.75 Å². The molecule has 1 N–H and O–H groups in total. The van der Waals surface area contributed by atoms with Crippen molar-refractivity contribution in [2.45, 2.75) is 19.8 Å². The van der Waals surface area contributed by atoms with Crippen LogP contribution < -0.4 is 10.1 Å². The molecule has 0 radical (unpaired) electrons. The van der Waals surface area contributed by atoms with Crippen LogP contribution in [0.3, 0.4) is 0 Å². The van der Waals surface area contributed by atoms with Crippen LogP contribution in [-0.4, -0.2) is 67.9 Å². The Morgan fingerprint density at radius 1 is 1.23 bits per heavy atom. The lowest BCUT2D eigenvalue weighted by Crippen LogP contribution is -2.48. The monoisotopic (exact) mass is 361 g/mol. The normalized spacial score (nSPS) is 16.7. The van der Waals surface area contributed by atoms with E-state index < -0.39 is 0 Å². The highest BCUT2D eigenvalue weighted by molar-refractivity contribution is 5.96. The van der Waals surface area contributed by atoms with E-state index in [-0.39, 0.29) is 30.2 Å². The van der Waals surface area contributed by atoms with Gasteiger partial charge in [-0.1, -0.05) is 0 Å². The molecular formula is C19H27N3O4. The number of hydrogen-bond donors (Lipinski definition) is 1. The quantitative estimate of drug-likeness (QED) is 0.824. The fourth-order valence-electron chi connectivity index (χ4n) is 3.01. The summed E-state index contributed by atoms with van der Waals surface area (Å²) in [5, 5.41) is 2.65. The average molecular weight is 361 g/mol. The summed E-state index contributed by atoms with van der Waals surface area (Å²) in [6.45, 7) is 3.41. The molecule has 0 aromatic heterocycles. The second-order valence-corrected chi connectivity index (χ2v) is 6.55. The van der Waals surface area contributed by atoms with Gasteiger partial charge in [-0.05, 0) is 44.0 Å². The zero-order chi connectivity index (χ0) is 19.1. The summed E-state index contributed by atoms with van der Waals surface area (Å²) in [6.07, 6.45) is 1.59. The van der Waals surface area contributed by atoms with Crippen LogP contribution in [0.4, 0.5) is 0 Å². The van der Waals surface area contributed by atoms with Crippen molar-refractivity contribution in [1.82, 2.24) is 15.1 Å². The summed E-state index contributed by atoms with van der Waals surface area (Å²) in [5.74, 6) is 0.107. The molecule has 1 fully saturated rings. The Kier molecular flexibility index (Phi) is 7.00. The van der Waals surface area contributed by atoms with Crippen molar-refractivity contribution in [2.75, 3.05) is 40.3 Å². The number of rotatable bonds is 6. The molecule has 0 spiro atoms. The Hall–Kier alpha value is -2.57. The number of piperidine rings is 1. The van der Waals surface area contributed by atoms with Gasteiger partial charge < -0.3 is 19.9 Å². The Morgan fingerprint density at radius 3 is 2.54 bits per heavy atom. The fraction of sp³-hybridized carbons (Fsp3) is 0.526. The van der Waals surface area contributed by atoms with Crippen molar-refractivity contribution in [3.63, 3.8) is 0 Å². The number of likely N-dealkylation sites (tertiary alicyclic amines) is 1. The molecule has 1 aliphatic rings. The lowest BCUT2D eigenvalue weighted by atomic mass is 9.96. The van der Waals surface area contributed by atoms with E-state index in [0.29, 0.717) is 31.0 Å². The second kappa shape index (κ2) is 9.22. The van der Waals surface area contributed by atoms with Gasteiger partial charge in [0.05, 0.1) is 19.1 Å². The molecule has 0 bridgehead atoms. The molecule has 7 heteroatoms. The maximum Gasteiger partial charge on any atom is 0.251 e. The van der Waals surface area contributed by atoms with E-state index in [1.54, 1.807) is 48.2 Å². The van der Waals surface area contributed by atoms with Crippen molar-refractivity contribution in [3.8, 4) is 5.75 Å². The van der Waals surface area contributed by atoms with Crippen LogP contribution in [0.2, 0.25) is 0 Å². The van der Waals surface area contributed by atoms with Gasteiger partial charge in [-0.3, -0.25) is 14.4 Å². The van der Waals surface area contributed by atoms with Crippen molar-refractivity contribution in [1.29, 1.82) is 0 Å². The average Bonchev–Trinajstić information content (AvgIpc) is 2.66. The van der Waals surface area contributed by atoms with Gasteiger partial charge in [-0.25, -0.2) is 0 Å². The van der Waals surface area contributed by atoms with Crippen LogP contribution in [0.1, 0.15) is 30.1 Å². The molecule has 1 aliphatic heterocycles. The molecule has 7 nitrogen and oxygen atoms in total. The lowest BCUT2D eigenvalue weighted by molar-refractivity contribution is -0.138. The largest absolute Gasteiger partial charge is 0.494 e. The number of hydrogen-bond acceptors (Lipinski definition) is 4. The van der Waals surface area contributed by atoms with Gasteiger partial charge in [0.15, 0.2) is 0 Å². The topological polar surface area (TPSA) is 79.0 Å². The fourth-order valence-corrected chi connectivity index (χ4v) is 3.01. The highest BCUT2D eigenvalue weighted by Crippen LogP contribution is 2.18. The second-order valence-electron chi connectivity index (χ2n) is 6.55. The van der Waals surface area contributed by atoms with E-state index in [2.05, 4.69) is 5.32 Å². The summed E-state index contributed by atoms with van der Waals surface area (Å²) >= 11 is 0. The van der Waals surface area contributed by atoms with Gasteiger partial charge >= 0.3 is 0 Å². The number of carbonyl (C=O) groups is 3. The predicted molar refractivity (Wildman–Crippen MR) is 97.9 cm³/mol. The minimum atomic E-state index is -0.306. The first kappa shape index (κ1) is 19.8. The summed E-state index contributed by atoms with van der Waals surface area (Å²) in [4.78, 5) is 39.9. The van der Waals surface area contributed by atoms with E-state index >= 15 is 0 Å². The summed E-state index contributed by atoms with van der Waals surface area (Å²) in [7, 11) is 3.44. The van der Waals surface area contributed by atoms with Crippen LogP contribution in [0.25, 0.3) is 0 Å². The van der Waals surface area contributed by atoms with Crippen LogP contribution in [0, 0.1) is 5.92 Å². The van der Waals surface area contributed by atoms with Gasteiger partial charge in [-0.2, -0.15) is 0 Å². The van der Waals surface area contributed by atoms with E-state index in [1.165, 1.54) is 0 Å². The Balaban J connectivity index is 1.85. The molecule has 0 aliphatic carbocycles. The molecular weight excluding hydrogens is 334 g/mol. The summed E-state index contributed by atoms with van der Waals surface area (Å²) in [5.41, 5.74) is 0.473. The van der Waals surface area contributed by atoms with Gasteiger partial charge in [0.1, 0.15) is 5.75 Å². The standard InChI is InChI=1S/C19H27N3O4/c1-4-26-16-9-7-14(8-10-16)18(24)20-12-17(23)22-11-5-6-15(13-22)19(25)21(2)3/h7-10,15H,4-6,11-13H2,1-3H3,(H,20,24)/t15-/m1/s1. The maximum absolute atomic E-state index is 12.4. The molecule has 3 amide bonds. The third-order valence-electron chi connectivity index (χ3n) is 4.39. The van der Waals surface area contributed by atoms with Gasteiger partial charge in [0, 0.05) is 32.7 Å². The van der Waals surface area contributed by atoms with Crippen molar-refractivity contribution >= 4 is 17.7 Å². The molecule has 2 rings (SSSR count). The van der Waals surface area contributed by atoms with Crippen LogP contribution in [-0.2, 0) is 9.59 Å². The molecule has 26 heavy (non-hydrogen) atoms. The number of nitrogens with zero attached hydrogens (tertiary/aromatic N) is 2. The number of ether oxygens (including phenoxy) is 1. The molecule has 1 aromatic rings. The Labute approximate surface area is 154 Å². The van der Waals surface area contributed by atoms with Gasteiger partial charge in [0.2, 0.25) is 11.8 Å². The van der Waals surface area contributed by atoms with E-state index in [4.69, 9.17) is 4.74 Å². The minimum Gasteiger partial charge on any atom is -0.494 e. The number of nitrogens with one attached hydrogen (secondary N) is 1. The summed E-state index contributed by atoms with van der Waals surface area (Å²) < 4.78 is 5.34. The zero-order valence-corrected chi connectivity index (χ0v) is 15.7. The predicted octanol–water partition coefficient (Wildman–Crippen LogP) is 1.14. The van der Waals surface area contributed by atoms with Gasteiger partial charge in [-0.15, -0.1) is 0 Å². The molecule has 142 valence electrons. The number of benzene rings is 1. The third-order valence-corrected chi connectivity index (χ3v) is 4.39. The van der Waals surface area contributed by atoms with Crippen molar-refractivity contribution in [2.24, 2.45) is 5.92 Å². The van der Waals surface area contributed by atoms with Crippen molar-refractivity contribution in [3.05, 3.63) is 29.8 Å². The highest BCUT2D eigenvalue weighted by Gasteiger charge is 2.29. The highest BCUT2D eigenvalue weighted by atomic mass is 16.5. The van der Waals surface area contributed by atoms with Crippen LogP contribution in [0.15, 0.2) is 24.3 Å². The number of amides is 3. The summed E-state index contributed by atoms with van der Waals surface area (Å²) in [6, 6.07) is 6.78. The first-order valence-corrected chi connectivity index (χ1v) is 8.92. The van der Waals surface area contributed by atoms with Crippen LogP contribution >= 0.6 is 0 Å². The molecule has 1 atom stereocenters. The molecule has 0 unspecified atom stereocenters. The zero-order valence-electron chi connectivity index (χ0n) is 15.7. The van der Waals surface area contributed by atoms with E-state index in [1.807, 2.05) is 6.92 Å². The molecule has 0 saturated carbocycles. The van der Waals surface area contributed by atoms with Crippen molar-refractivity contribution < 1.29 is 19.1 Å². The first-order chi connectivity index (χ1) is 12.4. The smallest absolute Gasteiger partial charge is 0.251 e. The third kappa shape index (κ3) is 5.21. The molecule has 1 heterocycles. The SMILES string of the molecule is CCOc1ccc(C(=O)NCC(=O)N2CCC[C@@H](C(=O)N(C)C)C2)cc1. The molecule has 1 saturated heterocycles. The lowest BCUT2D eigenvalue weighted by Gasteiger charge is -2.33. The Morgan fingerprint density at radius 2 is 1.92 bits per heavy atom. The van der Waals surface area contributed by atoms with E-state index in [9.17, 15) is 14.4 Å². The molecule has 1 aromatic carbocycles. The first-order valence-electron chi connectivity index (χ1n) is 8.92.